The smallest absolute Gasteiger partial charge is 0.233 e. The minimum absolute atomic E-state index is 0.00849. The van der Waals surface area contributed by atoms with Crippen molar-refractivity contribution in [3.8, 4) is 11.8 Å². The minimum Gasteiger partial charge on any atom is -0.479 e. The predicted octanol–water partition coefficient (Wildman–Crippen LogP) is 2.89. The zero-order valence-corrected chi connectivity index (χ0v) is 17.3. The minimum atomic E-state index is -0.225. The van der Waals surface area contributed by atoms with Crippen LogP contribution in [0.5, 0.6) is 5.75 Å². The van der Waals surface area contributed by atoms with Gasteiger partial charge in [-0.25, -0.2) is 0 Å². The molecule has 6 rings (SSSR count). The summed E-state index contributed by atoms with van der Waals surface area (Å²) >= 11 is 0. The molecule has 7 nitrogen and oxygen atoms in total. The van der Waals surface area contributed by atoms with E-state index in [0.717, 1.165) is 43.4 Å². The highest BCUT2D eigenvalue weighted by molar-refractivity contribution is 6.09. The fourth-order valence-corrected chi connectivity index (χ4v) is 6.92. The van der Waals surface area contributed by atoms with Crippen molar-refractivity contribution >= 4 is 17.5 Å². The third-order valence-electron chi connectivity index (χ3n) is 8.12. The van der Waals surface area contributed by atoms with Crippen molar-refractivity contribution < 1.29 is 19.2 Å². The van der Waals surface area contributed by atoms with E-state index in [2.05, 4.69) is 5.16 Å². The van der Waals surface area contributed by atoms with Gasteiger partial charge in [-0.3, -0.25) is 14.5 Å². The summed E-state index contributed by atoms with van der Waals surface area (Å²) in [4.78, 5) is 34.3. The first kappa shape index (κ1) is 18.9. The molecule has 6 unspecified atom stereocenters. The lowest BCUT2D eigenvalue weighted by Crippen LogP contribution is -2.42. The number of hydrogen-bond acceptors (Lipinski definition) is 6. The molecule has 160 valence electrons. The number of fused-ring (bicyclic) bond motifs is 8. The molecule has 1 aromatic rings. The molecule has 0 radical (unpaired) electrons. The third-order valence-corrected chi connectivity index (χ3v) is 8.12. The first-order valence-corrected chi connectivity index (χ1v) is 11.4. The van der Waals surface area contributed by atoms with Crippen molar-refractivity contribution in [3.05, 3.63) is 29.8 Å². The number of nitriles is 1. The molecule has 3 saturated carbocycles. The van der Waals surface area contributed by atoms with Crippen LogP contribution < -0.4 is 4.74 Å². The van der Waals surface area contributed by atoms with E-state index in [0.29, 0.717) is 5.75 Å². The molecule has 2 bridgehead atoms. The van der Waals surface area contributed by atoms with Crippen LogP contribution in [0.25, 0.3) is 0 Å². The molecular formula is C24H25N3O4. The molecular weight excluding hydrogens is 394 g/mol. The fraction of sp³-hybridized carbons (Fsp3) is 0.583. The lowest BCUT2D eigenvalue weighted by molar-refractivity contribution is -0.144. The number of carbonyl (C=O) groups excluding carboxylic acids is 2. The lowest BCUT2D eigenvalue weighted by atomic mass is 9.71. The first-order chi connectivity index (χ1) is 15.2. The summed E-state index contributed by atoms with van der Waals surface area (Å²) in [6.45, 7) is 0.00849. The summed E-state index contributed by atoms with van der Waals surface area (Å²) in [5.74, 6) is 0.533. The average molecular weight is 419 g/mol. The molecule has 1 saturated heterocycles. The van der Waals surface area contributed by atoms with Crippen LogP contribution in [0.1, 0.15) is 44.1 Å². The molecule has 31 heavy (non-hydrogen) atoms. The Morgan fingerprint density at radius 2 is 1.74 bits per heavy atom. The van der Waals surface area contributed by atoms with E-state index in [1.54, 1.807) is 4.90 Å². The predicted molar refractivity (Wildman–Crippen MR) is 110 cm³/mol. The van der Waals surface area contributed by atoms with Crippen LogP contribution >= 0.6 is 0 Å². The van der Waals surface area contributed by atoms with Crippen LogP contribution in [-0.4, -0.2) is 41.2 Å². The quantitative estimate of drug-likeness (QED) is 0.700. The highest BCUT2D eigenvalue weighted by Gasteiger charge is 2.70. The number of carbonyl (C=O) groups is 2. The Bertz CT molecular complexity index is 991. The molecule has 0 aromatic heterocycles. The maximum atomic E-state index is 13.4. The number of oxime groups is 1. The Morgan fingerprint density at radius 1 is 1.03 bits per heavy atom. The van der Waals surface area contributed by atoms with Gasteiger partial charge in [-0.1, -0.05) is 24.4 Å². The molecule has 0 N–H and O–H groups in total. The van der Waals surface area contributed by atoms with Gasteiger partial charge in [0.15, 0.2) is 6.61 Å². The number of ether oxygens (including phenoxy) is 1. The van der Waals surface area contributed by atoms with E-state index < -0.39 is 0 Å². The topological polar surface area (TPSA) is 92.0 Å². The van der Waals surface area contributed by atoms with Gasteiger partial charge in [0, 0.05) is 23.4 Å². The summed E-state index contributed by atoms with van der Waals surface area (Å²) in [5, 5.41) is 13.1. The molecule has 6 atom stereocenters. The number of benzene rings is 1. The molecule has 0 spiro atoms. The van der Waals surface area contributed by atoms with E-state index in [4.69, 9.17) is 14.8 Å². The van der Waals surface area contributed by atoms with Gasteiger partial charge in [-0.15, -0.1) is 0 Å². The van der Waals surface area contributed by atoms with Gasteiger partial charge in [0.25, 0.3) is 0 Å². The number of hydrogen-bond donors (Lipinski definition) is 0. The van der Waals surface area contributed by atoms with Gasteiger partial charge in [-0.05, 0) is 49.4 Å². The fourth-order valence-electron chi connectivity index (χ4n) is 6.92. The second-order valence-corrected chi connectivity index (χ2v) is 9.50. The van der Waals surface area contributed by atoms with E-state index in [1.165, 1.54) is 6.42 Å². The zero-order valence-electron chi connectivity index (χ0n) is 17.3. The number of amides is 2. The van der Waals surface area contributed by atoms with Crippen molar-refractivity contribution in [1.82, 2.24) is 4.90 Å². The van der Waals surface area contributed by atoms with Crippen LogP contribution in [0.3, 0.4) is 0 Å². The van der Waals surface area contributed by atoms with E-state index in [9.17, 15) is 9.59 Å². The SMILES string of the molecule is N#CCOc1ccc(C2=NOC3C4CC(C23)C2C(=O)N(C3CCCCC3)C(=O)C42)cc1. The van der Waals surface area contributed by atoms with Crippen LogP contribution in [0.15, 0.2) is 29.4 Å². The van der Waals surface area contributed by atoms with Crippen LogP contribution in [0.4, 0.5) is 0 Å². The molecule has 2 aliphatic heterocycles. The Labute approximate surface area is 181 Å². The summed E-state index contributed by atoms with van der Waals surface area (Å²) in [7, 11) is 0. The lowest BCUT2D eigenvalue weighted by Gasteiger charge is -2.30. The first-order valence-electron chi connectivity index (χ1n) is 11.4. The van der Waals surface area contributed by atoms with Gasteiger partial charge in [-0.2, -0.15) is 5.26 Å². The standard InChI is InChI=1S/C24H25N3O4/c25-10-11-30-15-8-6-13(7-9-15)21-20-16-12-17(22(20)31-26-21)19-18(16)23(28)27(24(19)29)14-4-2-1-3-5-14/h6-9,14,16-20,22H,1-5,11-12H2. The summed E-state index contributed by atoms with van der Waals surface area (Å²) in [6, 6.07) is 9.56. The van der Waals surface area contributed by atoms with Gasteiger partial charge in [0.2, 0.25) is 11.8 Å². The normalized spacial score (nSPS) is 36.1. The monoisotopic (exact) mass is 419 g/mol. The molecule has 1 aromatic carbocycles. The summed E-state index contributed by atoms with van der Waals surface area (Å²) < 4.78 is 5.34. The number of likely N-dealkylation sites (tertiary alicyclic amines) is 1. The Hall–Kier alpha value is -2.88. The van der Waals surface area contributed by atoms with E-state index in [-0.39, 0.29) is 60.2 Å². The highest BCUT2D eigenvalue weighted by atomic mass is 16.6. The molecule has 7 heteroatoms. The number of rotatable bonds is 4. The second-order valence-electron chi connectivity index (χ2n) is 9.50. The Kier molecular flexibility index (Phi) is 4.31. The Morgan fingerprint density at radius 3 is 2.45 bits per heavy atom. The summed E-state index contributed by atoms with van der Waals surface area (Å²) in [5.41, 5.74) is 1.82. The van der Waals surface area contributed by atoms with Crippen molar-refractivity contribution in [3.63, 3.8) is 0 Å². The van der Waals surface area contributed by atoms with Gasteiger partial charge < -0.3 is 9.57 Å². The van der Waals surface area contributed by atoms with Crippen molar-refractivity contribution in [2.45, 2.75) is 50.7 Å². The molecule has 2 amide bonds. The maximum Gasteiger partial charge on any atom is 0.233 e. The van der Waals surface area contributed by atoms with Crippen molar-refractivity contribution in [2.75, 3.05) is 6.61 Å². The number of imide groups is 1. The van der Waals surface area contributed by atoms with E-state index >= 15 is 0 Å². The summed E-state index contributed by atoms with van der Waals surface area (Å²) in [6.07, 6.45) is 6.04. The second kappa shape index (κ2) is 7.08. The molecule has 5 aliphatic rings. The van der Waals surface area contributed by atoms with Crippen LogP contribution in [0.2, 0.25) is 0 Å². The largest absolute Gasteiger partial charge is 0.479 e. The van der Waals surface area contributed by atoms with Gasteiger partial charge in [0.1, 0.15) is 17.9 Å². The van der Waals surface area contributed by atoms with Crippen molar-refractivity contribution in [1.29, 1.82) is 5.26 Å². The van der Waals surface area contributed by atoms with Gasteiger partial charge in [0.05, 0.1) is 17.5 Å². The molecule has 3 aliphatic carbocycles. The van der Waals surface area contributed by atoms with Crippen LogP contribution in [-0.2, 0) is 14.4 Å². The van der Waals surface area contributed by atoms with Gasteiger partial charge >= 0.3 is 0 Å². The highest BCUT2D eigenvalue weighted by Crippen LogP contribution is 2.62. The molecule has 4 fully saturated rings. The zero-order chi connectivity index (χ0) is 21.1. The molecule has 2 heterocycles. The third kappa shape index (κ3) is 2.67. The van der Waals surface area contributed by atoms with E-state index in [1.807, 2.05) is 30.3 Å². The average Bonchev–Trinajstić information content (AvgIpc) is 3.53. The Balaban J connectivity index is 1.25. The van der Waals surface area contributed by atoms with Crippen LogP contribution in [0, 0.1) is 40.9 Å². The maximum absolute atomic E-state index is 13.4. The van der Waals surface area contributed by atoms with Crippen molar-refractivity contribution in [2.24, 2.45) is 34.7 Å². The number of nitrogens with zero attached hydrogens (tertiary/aromatic N) is 3.